The van der Waals surface area contributed by atoms with Crippen LogP contribution >= 0.6 is 0 Å². The third-order valence-corrected chi connectivity index (χ3v) is 3.14. The first-order valence-electron chi connectivity index (χ1n) is 6.77. The molecular formula is C17H18FNO2. The Hall–Kier alpha value is -2.36. The zero-order valence-electron chi connectivity index (χ0n) is 12.2. The van der Waals surface area contributed by atoms with Gasteiger partial charge in [0.25, 0.3) is 5.91 Å². The maximum absolute atomic E-state index is 13.6. The van der Waals surface area contributed by atoms with Gasteiger partial charge in [-0.05, 0) is 36.8 Å². The largest absolute Gasteiger partial charge is 0.492 e. The van der Waals surface area contributed by atoms with Crippen LogP contribution in [0.2, 0.25) is 0 Å². The Labute approximate surface area is 124 Å². The van der Waals surface area contributed by atoms with E-state index in [2.05, 4.69) is 0 Å². The summed E-state index contributed by atoms with van der Waals surface area (Å²) in [4.78, 5) is 13.5. The molecule has 0 aliphatic rings. The fourth-order valence-corrected chi connectivity index (χ4v) is 1.95. The standard InChI is InChI=1S/C17H18FNO2/c1-13-6-5-7-14(12-13)21-11-10-19(2)17(20)15-8-3-4-9-16(15)18/h3-9,12H,10-11H2,1-2H3. The number of halogens is 1. The Kier molecular flexibility index (Phi) is 4.93. The van der Waals surface area contributed by atoms with E-state index in [9.17, 15) is 9.18 Å². The highest BCUT2D eigenvalue weighted by atomic mass is 19.1. The van der Waals surface area contributed by atoms with Crippen molar-refractivity contribution in [3.05, 3.63) is 65.5 Å². The van der Waals surface area contributed by atoms with Crippen molar-refractivity contribution < 1.29 is 13.9 Å². The summed E-state index contributed by atoms with van der Waals surface area (Å²) >= 11 is 0. The van der Waals surface area contributed by atoms with Gasteiger partial charge in [-0.2, -0.15) is 0 Å². The number of benzene rings is 2. The number of ether oxygens (including phenoxy) is 1. The van der Waals surface area contributed by atoms with Gasteiger partial charge in [-0.1, -0.05) is 24.3 Å². The molecule has 0 atom stereocenters. The highest BCUT2D eigenvalue weighted by molar-refractivity contribution is 5.94. The number of amides is 1. The van der Waals surface area contributed by atoms with Crippen molar-refractivity contribution in [2.24, 2.45) is 0 Å². The first-order valence-corrected chi connectivity index (χ1v) is 6.77. The molecule has 0 unspecified atom stereocenters. The number of rotatable bonds is 5. The lowest BCUT2D eigenvalue weighted by Gasteiger charge is -2.18. The van der Waals surface area contributed by atoms with E-state index in [1.54, 1.807) is 19.2 Å². The Morgan fingerprint density at radius 1 is 1.19 bits per heavy atom. The molecule has 1 amide bonds. The van der Waals surface area contributed by atoms with Gasteiger partial charge >= 0.3 is 0 Å². The molecule has 0 aliphatic carbocycles. The van der Waals surface area contributed by atoms with Gasteiger partial charge in [0.2, 0.25) is 0 Å². The van der Waals surface area contributed by atoms with Crippen molar-refractivity contribution in [1.82, 2.24) is 4.90 Å². The van der Waals surface area contributed by atoms with Crippen molar-refractivity contribution in [3.63, 3.8) is 0 Å². The Bertz CT molecular complexity index is 628. The molecular weight excluding hydrogens is 269 g/mol. The molecule has 0 aliphatic heterocycles. The van der Waals surface area contributed by atoms with Crippen LogP contribution in [0, 0.1) is 12.7 Å². The van der Waals surface area contributed by atoms with Gasteiger partial charge in [0.1, 0.15) is 18.2 Å². The number of hydrogen-bond donors (Lipinski definition) is 0. The molecule has 110 valence electrons. The average molecular weight is 287 g/mol. The molecule has 2 rings (SSSR count). The molecule has 0 radical (unpaired) electrons. The molecule has 0 saturated carbocycles. The monoisotopic (exact) mass is 287 g/mol. The van der Waals surface area contributed by atoms with Gasteiger partial charge in [0.05, 0.1) is 12.1 Å². The normalized spacial score (nSPS) is 10.2. The summed E-state index contributed by atoms with van der Waals surface area (Å²) in [5.41, 5.74) is 1.19. The molecule has 2 aromatic carbocycles. The summed E-state index contributed by atoms with van der Waals surface area (Å²) in [6.07, 6.45) is 0. The minimum atomic E-state index is -0.506. The van der Waals surface area contributed by atoms with E-state index in [1.165, 1.54) is 17.0 Å². The first-order chi connectivity index (χ1) is 10.1. The summed E-state index contributed by atoms with van der Waals surface area (Å²) in [5, 5.41) is 0. The summed E-state index contributed by atoms with van der Waals surface area (Å²) < 4.78 is 19.1. The average Bonchev–Trinajstić information content (AvgIpc) is 2.47. The van der Waals surface area contributed by atoms with E-state index in [1.807, 2.05) is 31.2 Å². The van der Waals surface area contributed by atoms with Crippen molar-refractivity contribution in [2.75, 3.05) is 20.2 Å². The van der Waals surface area contributed by atoms with E-state index in [0.29, 0.717) is 13.2 Å². The maximum atomic E-state index is 13.6. The third kappa shape index (κ3) is 4.05. The van der Waals surface area contributed by atoms with Crippen molar-refractivity contribution in [3.8, 4) is 5.75 Å². The van der Waals surface area contributed by atoms with Gasteiger partial charge in [0, 0.05) is 7.05 Å². The maximum Gasteiger partial charge on any atom is 0.256 e. The van der Waals surface area contributed by atoms with Gasteiger partial charge in [-0.25, -0.2) is 4.39 Å². The summed E-state index contributed by atoms with van der Waals surface area (Å²) in [6, 6.07) is 13.7. The Morgan fingerprint density at radius 3 is 2.67 bits per heavy atom. The van der Waals surface area contributed by atoms with Gasteiger partial charge < -0.3 is 9.64 Å². The molecule has 0 spiro atoms. The van der Waals surface area contributed by atoms with Crippen LogP contribution in [-0.4, -0.2) is 31.0 Å². The lowest BCUT2D eigenvalue weighted by molar-refractivity contribution is 0.0769. The molecule has 4 heteroatoms. The highest BCUT2D eigenvalue weighted by Crippen LogP contribution is 2.13. The van der Waals surface area contributed by atoms with Gasteiger partial charge in [-0.3, -0.25) is 4.79 Å². The minimum absolute atomic E-state index is 0.0792. The van der Waals surface area contributed by atoms with Crippen LogP contribution in [0.3, 0.4) is 0 Å². The minimum Gasteiger partial charge on any atom is -0.492 e. The van der Waals surface area contributed by atoms with E-state index in [-0.39, 0.29) is 11.5 Å². The fraction of sp³-hybridized carbons (Fsp3) is 0.235. The molecule has 0 aromatic heterocycles. The molecule has 0 heterocycles. The third-order valence-electron chi connectivity index (χ3n) is 3.14. The van der Waals surface area contributed by atoms with Crippen LogP contribution < -0.4 is 4.74 Å². The van der Waals surface area contributed by atoms with E-state index in [4.69, 9.17) is 4.74 Å². The molecule has 0 bridgehead atoms. The van der Waals surface area contributed by atoms with E-state index >= 15 is 0 Å². The zero-order chi connectivity index (χ0) is 15.2. The van der Waals surface area contributed by atoms with Crippen LogP contribution in [0.4, 0.5) is 4.39 Å². The number of carbonyl (C=O) groups is 1. The van der Waals surface area contributed by atoms with Crippen LogP contribution in [0.5, 0.6) is 5.75 Å². The molecule has 0 N–H and O–H groups in total. The molecule has 0 saturated heterocycles. The van der Waals surface area contributed by atoms with Crippen LogP contribution in [0.25, 0.3) is 0 Å². The van der Waals surface area contributed by atoms with Gasteiger partial charge in [-0.15, -0.1) is 0 Å². The second-order valence-corrected chi connectivity index (χ2v) is 4.87. The summed E-state index contributed by atoms with van der Waals surface area (Å²) in [7, 11) is 1.63. The predicted octanol–water partition coefficient (Wildman–Crippen LogP) is 3.29. The highest BCUT2D eigenvalue weighted by Gasteiger charge is 2.15. The number of carbonyl (C=O) groups excluding carboxylic acids is 1. The Morgan fingerprint density at radius 2 is 1.95 bits per heavy atom. The SMILES string of the molecule is Cc1cccc(OCCN(C)C(=O)c2ccccc2F)c1. The predicted molar refractivity (Wildman–Crippen MR) is 80.0 cm³/mol. The van der Waals surface area contributed by atoms with E-state index < -0.39 is 5.82 Å². The van der Waals surface area contributed by atoms with Crippen molar-refractivity contribution in [1.29, 1.82) is 0 Å². The van der Waals surface area contributed by atoms with Crippen molar-refractivity contribution in [2.45, 2.75) is 6.92 Å². The molecule has 21 heavy (non-hydrogen) atoms. The van der Waals surface area contributed by atoms with Crippen LogP contribution in [-0.2, 0) is 0 Å². The second kappa shape index (κ2) is 6.88. The number of aryl methyl sites for hydroxylation is 1. The summed E-state index contributed by atoms with van der Waals surface area (Å²) in [5.74, 6) is -0.0864. The quantitative estimate of drug-likeness (QED) is 0.844. The van der Waals surface area contributed by atoms with E-state index in [0.717, 1.165) is 11.3 Å². The lowest BCUT2D eigenvalue weighted by Crippen LogP contribution is -2.31. The number of nitrogens with zero attached hydrogens (tertiary/aromatic N) is 1. The topological polar surface area (TPSA) is 29.5 Å². The number of likely N-dealkylation sites (N-methyl/N-ethyl adjacent to an activating group) is 1. The van der Waals surface area contributed by atoms with Crippen molar-refractivity contribution >= 4 is 5.91 Å². The number of hydrogen-bond acceptors (Lipinski definition) is 2. The fourth-order valence-electron chi connectivity index (χ4n) is 1.95. The molecule has 3 nitrogen and oxygen atoms in total. The second-order valence-electron chi connectivity index (χ2n) is 4.87. The van der Waals surface area contributed by atoms with Gasteiger partial charge in [0.15, 0.2) is 0 Å². The van der Waals surface area contributed by atoms with Crippen LogP contribution in [0.15, 0.2) is 48.5 Å². The molecule has 0 fully saturated rings. The first kappa shape index (κ1) is 15.0. The zero-order valence-corrected chi connectivity index (χ0v) is 12.2. The Balaban J connectivity index is 1.89. The summed E-state index contributed by atoms with van der Waals surface area (Å²) in [6.45, 7) is 2.74. The molecule has 2 aromatic rings. The van der Waals surface area contributed by atoms with Crippen LogP contribution in [0.1, 0.15) is 15.9 Å². The lowest BCUT2D eigenvalue weighted by atomic mass is 10.2. The smallest absolute Gasteiger partial charge is 0.256 e.